The minimum absolute atomic E-state index is 0.190. The predicted molar refractivity (Wildman–Crippen MR) is 73.9 cm³/mol. The minimum Gasteiger partial charge on any atom is -0.399 e. The van der Waals surface area contributed by atoms with Gasteiger partial charge in [0.1, 0.15) is 0 Å². The standard InChI is InChI=1S/C13H13N5O/c1-18-7-9(5-16-18)17-13(19)11-6-15-12-3-2-8(14)4-10(11)12/h2-7,15H,14H2,1H3,(H,17,19). The summed E-state index contributed by atoms with van der Waals surface area (Å²) in [5.74, 6) is -0.190. The number of hydrogen-bond acceptors (Lipinski definition) is 3. The van der Waals surface area contributed by atoms with Gasteiger partial charge in [0.25, 0.3) is 5.91 Å². The molecule has 0 unspecified atom stereocenters. The lowest BCUT2D eigenvalue weighted by molar-refractivity contribution is 0.102. The van der Waals surface area contributed by atoms with E-state index in [0.29, 0.717) is 16.9 Å². The Morgan fingerprint density at radius 3 is 3.05 bits per heavy atom. The molecule has 1 amide bonds. The van der Waals surface area contributed by atoms with Crippen LogP contribution in [0.1, 0.15) is 10.4 Å². The molecule has 0 aliphatic heterocycles. The number of carbonyl (C=O) groups is 1. The molecular formula is C13H13N5O. The molecule has 4 N–H and O–H groups in total. The number of H-pyrrole nitrogens is 1. The molecule has 1 aromatic carbocycles. The van der Waals surface area contributed by atoms with Gasteiger partial charge in [0.05, 0.1) is 17.4 Å². The Morgan fingerprint density at radius 1 is 1.47 bits per heavy atom. The molecule has 0 spiro atoms. The Hall–Kier alpha value is -2.76. The van der Waals surface area contributed by atoms with Gasteiger partial charge in [-0.1, -0.05) is 0 Å². The van der Waals surface area contributed by atoms with Gasteiger partial charge in [0.15, 0.2) is 0 Å². The van der Waals surface area contributed by atoms with Gasteiger partial charge in [-0.25, -0.2) is 0 Å². The van der Waals surface area contributed by atoms with E-state index in [0.717, 1.165) is 10.9 Å². The normalized spacial score (nSPS) is 10.8. The van der Waals surface area contributed by atoms with Crippen molar-refractivity contribution in [2.75, 3.05) is 11.1 Å². The number of benzene rings is 1. The maximum Gasteiger partial charge on any atom is 0.257 e. The Labute approximate surface area is 109 Å². The van der Waals surface area contributed by atoms with E-state index in [-0.39, 0.29) is 5.91 Å². The van der Waals surface area contributed by atoms with E-state index in [1.165, 1.54) is 0 Å². The monoisotopic (exact) mass is 255 g/mol. The van der Waals surface area contributed by atoms with Crippen LogP contribution in [0.3, 0.4) is 0 Å². The summed E-state index contributed by atoms with van der Waals surface area (Å²) in [4.78, 5) is 15.3. The first-order valence-corrected chi connectivity index (χ1v) is 5.80. The zero-order chi connectivity index (χ0) is 13.4. The van der Waals surface area contributed by atoms with Crippen LogP contribution < -0.4 is 11.1 Å². The quantitative estimate of drug-likeness (QED) is 0.609. The molecule has 0 saturated carbocycles. The molecule has 0 fully saturated rings. The summed E-state index contributed by atoms with van der Waals surface area (Å²) in [7, 11) is 1.79. The number of amides is 1. The highest BCUT2D eigenvalue weighted by Gasteiger charge is 2.12. The highest BCUT2D eigenvalue weighted by Crippen LogP contribution is 2.21. The number of nitrogens with zero attached hydrogens (tertiary/aromatic N) is 2. The molecule has 3 aromatic rings. The summed E-state index contributed by atoms with van der Waals surface area (Å²) < 4.78 is 1.63. The van der Waals surface area contributed by atoms with E-state index < -0.39 is 0 Å². The second kappa shape index (κ2) is 4.16. The van der Waals surface area contributed by atoms with E-state index in [4.69, 9.17) is 5.73 Å². The number of nitrogen functional groups attached to an aromatic ring is 1. The average molecular weight is 255 g/mol. The zero-order valence-corrected chi connectivity index (χ0v) is 10.3. The van der Waals surface area contributed by atoms with Gasteiger partial charge in [0.2, 0.25) is 0 Å². The SMILES string of the molecule is Cn1cc(NC(=O)c2c[nH]c3ccc(N)cc23)cn1. The summed E-state index contributed by atoms with van der Waals surface area (Å²) in [5, 5.41) is 7.60. The Morgan fingerprint density at radius 2 is 2.32 bits per heavy atom. The number of fused-ring (bicyclic) bond motifs is 1. The fraction of sp³-hybridized carbons (Fsp3) is 0.0769. The maximum absolute atomic E-state index is 12.2. The van der Waals surface area contributed by atoms with Crippen molar-refractivity contribution in [1.29, 1.82) is 0 Å². The summed E-state index contributed by atoms with van der Waals surface area (Å²) in [5.41, 5.74) is 8.48. The molecule has 96 valence electrons. The second-order valence-corrected chi connectivity index (χ2v) is 4.36. The molecule has 0 radical (unpaired) electrons. The Bertz CT molecular complexity index is 755. The first-order valence-electron chi connectivity index (χ1n) is 5.80. The number of aromatic nitrogens is 3. The molecule has 6 heteroatoms. The van der Waals surface area contributed by atoms with Gasteiger partial charge >= 0.3 is 0 Å². The van der Waals surface area contributed by atoms with Gasteiger partial charge in [-0.2, -0.15) is 5.10 Å². The molecule has 3 rings (SSSR count). The summed E-state index contributed by atoms with van der Waals surface area (Å²) in [6, 6.07) is 5.43. The van der Waals surface area contributed by atoms with Crippen molar-refractivity contribution in [2.24, 2.45) is 7.05 Å². The first kappa shape index (κ1) is 11.3. The Balaban J connectivity index is 1.95. The smallest absolute Gasteiger partial charge is 0.257 e. The maximum atomic E-state index is 12.2. The van der Waals surface area contributed by atoms with Crippen molar-refractivity contribution in [3.63, 3.8) is 0 Å². The number of hydrogen-bond donors (Lipinski definition) is 3. The molecular weight excluding hydrogens is 242 g/mol. The van der Waals surface area contributed by atoms with Gasteiger partial charge in [-0.05, 0) is 18.2 Å². The van der Waals surface area contributed by atoms with Crippen LogP contribution in [0.2, 0.25) is 0 Å². The number of nitrogens with two attached hydrogens (primary N) is 1. The van der Waals surface area contributed by atoms with Crippen molar-refractivity contribution in [3.05, 3.63) is 42.4 Å². The van der Waals surface area contributed by atoms with Crippen LogP contribution >= 0.6 is 0 Å². The van der Waals surface area contributed by atoms with Gasteiger partial charge in [-0.3, -0.25) is 9.48 Å². The van der Waals surface area contributed by atoms with Crippen LogP contribution in [0.5, 0.6) is 0 Å². The van der Waals surface area contributed by atoms with Crippen LogP contribution in [-0.2, 0) is 7.05 Å². The lowest BCUT2D eigenvalue weighted by atomic mass is 10.1. The summed E-state index contributed by atoms with van der Waals surface area (Å²) in [6.07, 6.45) is 5.01. The second-order valence-electron chi connectivity index (χ2n) is 4.36. The van der Waals surface area contributed by atoms with Crippen molar-refractivity contribution in [3.8, 4) is 0 Å². The number of aromatic amines is 1. The fourth-order valence-electron chi connectivity index (χ4n) is 2.01. The highest BCUT2D eigenvalue weighted by atomic mass is 16.1. The average Bonchev–Trinajstić information content (AvgIpc) is 2.95. The molecule has 0 aliphatic rings. The number of anilines is 2. The third kappa shape index (κ3) is 2.03. The van der Waals surface area contributed by atoms with Crippen LogP contribution in [0.15, 0.2) is 36.8 Å². The van der Waals surface area contributed by atoms with E-state index in [2.05, 4.69) is 15.4 Å². The van der Waals surface area contributed by atoms with Gasteiger partial charge < -0.3 is 16.0 Å². The third-order valence-electron chi connectivity index (χ3n) is 2.91. The molecule has 6 nitrogen and oxygen atoms in total. The van der Waals surface area contributed by atoms with Crippen molar-refractivity contribution < 1.29 is 4.79 Å². The topological polar surface area (TPSA) is 88.7 Å². The third-order valence-corrected chi connectivity index (χ3v) is 2.91. The minimum atomic E-state index is -0.190. The van der Waals surface area contributed by atoms with Crippen LogP contribution in [0.25, 0.3) is 10.9 Å². The molecule has 2 aromatic heterocycles. The molecule has 19 heavy (non-hydrogen) atoms. The molecule has 0 atom stereocenters. The number of nitrogens with one attached hydrogen (secondary N) is 2. The van der Waals surface area contributed by atoms with Crippen LogP contribution in [0.4, 0.5) is 11.4 Å². The van der Waals surface area contributed by atoms with Crippen molar-refractivity contribution in [2.45, 2.75) is 0 Å². The summed E-state index contributed by atoms with van der Waals surface area (Å²) >= 11 is 0. The molecule has 0 aliphatic carbocycles. The van der Waals surface area contributed by atoms with E-state index in [1.54, 1.807) is 42.5 Å². The lowest BCUT2D eigenvalue weighted by Crippen LogP contribution is -2.10. The van der Waals surface area contributed by atoms with E-state index in [1.807, 2.05) is 6.07 Å². The van der Waals surface area contributed by atoms with Crippen LogP contribution in [-0.4, -0.2) is 20.7 Å². The van der Waals surface area contributed by atoms with Gasteiger partial charge in [0, 0.05) is 36.0 Å². The Kier molecular flexibility index (Phi) is 2.49. The molecule has 0 bridgehead atoms. The van der Waals surface area contributed by atoms with E-state index in [9.17, 15) is 4.79 Å². The fourth-order valence-corrected chi connectivity index (χ4v) is 2.01. The zero-order valence-electron chi connectivity index (χ0n) is 10.3. The molecule has 0 saturated heterocycles. The van der Waals surface area contributed by atoms with Crippen LogP contribution in [0, 0.1) is 0 Å². The predicted octanol–water partition coefficient (Wildman–Crippen LogP) is 1.74. The van der Waals surface area contributed by atoms with Gasteiger partial charge in [-0.15, -0.1) is 0 Å². The van der Waals surface area contributed by atoms with E-state index >= 15 is 0 Å². The number of rotatable bonds is 2. The number of aryl methyl sites for hydroxylation is 1. The number of carbonyl (C=O) groups excluding carboxylic acids is 1. The highest BCUT2D eigenvalue weighted by molar-refractivity contribution is 6.13. The summed E-state index contributed by atoms with van der Waals surface area (Å²) in [6.45, 7) is 0. The first-order chi connectivity index (χ1) is 9.13. The molecule has 2 heterocycles. The van der Waals surface area contributed by atoms with Crippen molar-refractivity contribution >= 4 is 28.2 Å². The largest absolute Gasteiger partial charge is 0.399 e. The lowest BCUT2D eigenvalue weighted by Gasteiger charge is -2.01. The van der Waals surface area contributed by atoms with Crippen molar-refractivity contribution in [1.82, 2.24) is 14.8 Å².